The summed E-state index contributed by atoms with van der Waals surface area (Å²) in [6.07, 6.45) is 0.0197. The van der Waals surface area contributed by atoms with Gasteiger partial charge in [-0.05, 0) is 35.9 Å². The summed E-state index contributed by atoms with van der Waals surface area (Å²) in [6.45, 7) is 0. The summed E-state index contributed by atoms with van der Waals surface area (Å²) >= 11 is 17.6. The molecule has 4 nitrogen and oxygen atoms in total. The lowest BCUT2D eigenvalue weighted by molar-refractivity contribution is -0.121. The summed E-state index contributed by atoms with van der Waals surface area (Å²) in [6, 6.07) is 11.2. The zero-order chi connectivity index (χ0) is 16.1. The quantitative estimate of drug-likeness (QED) is 0.824. The van der Waals surface area contributed by atoms with Crippen molar-refractivity contribution >= 4 is 46.6 Å². The molecule has 0 aromatic heterocycles. The molecule has 0 aliphatic carbocycles. The normalized spacial score (nSPS) is 10.1. The van der Waals surface area contributed by atoms with Gasteiger partial charge >= 0.3 is 0 Å². The third-order valence-electron chi connectivity index (χ3n) is 2.77. The van der Waals surface area contributed by atoms with Crippen LogP contribution in [0.5, 0.6) is 0 Å². The molecular formula is C15H11Cl3N2O2. The van der Waals surface area contributed by atoms with E-state index in [2.05, 4.69) is 10.9 Å². The maximum absolute atomic E-state index is 11.8. The van der Waals surface area contributed by atoms with E-state index in [-0.39, 0.29) is 6.42 Å². The second kappa shape index (κ2) is 7.49. The first kappa shape index (κ1) is 16.6. The molecule has 0 spiro atoms. The van der Waals surface area contributed by atoms with E-state index in [1.165, 1.54) is 6.07 Å². The second-order valence-electron chi connectivity index (χ2n) is 4.43. The van der Waals surface area contributed by atoms with E-state index in [1.54, 1.807) is 36.4 Å². The predicted octanol–water partition coefficient (Wildman–Crippen LogP) is 3.65. The van der Waals surface area contributed by atoms with Crippen molar-refractivity contribution in [2.45, 2.75) is 6.42 Å². The Hall–Kier alpha value is -1.75. The number of hydrazine groups is 1. The molecule has 0 atom stereocenters. The van der Waals surface area contributed by atoms with Crippen LogP contribution in [-0.2, 0) is 11.2 Å². The van der Waals surface area contributed by atoms with Gasteiger partial charge in [-0.3, -0.25) is 20.4 Å². The molecule has 2 amide bonds. The molecular weight excluding hydrogens is 347 g/mol. The van der Waals surface area contributed by atoms with Crippen LogP contribution in [0, 0.1) is 0 Å². The third-order valence-corrected chi connectivity index (χ3v) is 3.59. The van der Waals surface area contributed by atoms with Gasteiger partial charge in [0.1, 0.15) is 0 Å². The lowest BCUT2D eigenvalue weighted by atomic mass is 10.1. The summed E-state index contributed by atoms with van der Waals surface area (Å²) < 4.78 is 0. The molecule has 0 fully saturated rings. The maximum atomic E-state index is 11.8. The first-order valence-corrected chi connectivity index (χ1v) is 7.38. The largest absolute Gasteiger partial charge is 0.273 e. The Labute approximate surface area is 142 Å². The highest BCUT2D eigenvalue weighted by Crippen LogP contribution is 2.21. The number of carbonyl (C=O) groups is 2. The molecule has 2 N–H and O–H groups in total. The molecule has 2 rings (SSSR count). The van der Waals surface area contributed by atoms with Crippen molar-refractivity contribution in [3.63, 3.8) is 0 Å². The number of benzene rings is 2. The average Bonchev–Trinajstić information content (AvgIpc) is 2.47. The van der Waals surface area contributed by atoms with Crippen LogP contribution in [0.1, 0.15) is 15.9 Å². The van der Waals surface area contributed by atoms with Gasteiger partial charge in [-0.2, -0.15) is 0 Å². The Bertz CT molecular complexity index is 720. The molecule has 0 bridgehead atoms. The maximum Gasteiger partial charge on any atom is 0.269 e. The summed E-state index contributed by atoms with van der Waals surface area (Å²) in [5.74, 6) is -0.863. The number of amides is 2. The summed E-state index contributed by atoms with van der Waals surface area (Å²) in [7, 11) is 0. The van der Waals surface area contributed by atoms with Crippen molar-refractivity contribution in [2.24, 2.45) is 0 Å². The van der Waals surface area contributed by atoms with E-state index in [0.717, 1.165) is 0 Å². The highest BCUT2D eigenvalue weighted by Gasteiger charge is 2.10. The molecule has 0 radical (unpaired) electrons. The second-order valence-corrected chi connectivity index (χ2v) is 5.71. The van der Waals surface area contributed by atoms with Crippen LogP contribution < -0.4 is 10.9 Å². The van der Waals surface area contributed by atoms with Gasteiger partial charge in [0.2, 0.25) is 5.91 Å². The number of carbonyl (C=O) groups excluding carboxylic acids is 2. The van der Waals surface area contributed by atoms with Gasteiger partial charge in [-0.1, -0.05) is 46.9 Å². The van der Waals surface area contributed by atoms with E-state index >= 15 is 0 Å². The van der Waals surface area contributed by atoms with Crippen LogP contribution in [0.4, 0.5) is 0 Å². The zero-order valence-corrected chi connectivity index (χ0v) is 13.5. The molecule has 0 heterocycles. The number of hydrogen-bond acceptors (Lipinski definition) is 2. The number of nitrogens with one attached hydrogen (secondary N) is 2. The molecule has 0 aliphatic heterocycles. The molecule has 2 aromatic rings. The van der Waals surface area contributed by atoms with Crippen molar-refractivity contribution in [3.05, 3.63) is 68.7 Å². The summed E-state index contributed by atoms with van der Waals surface area (Å²) in [5, 5.41) is 1.32. The first-order chi connectivity index (χ1) is 10.5. The van der Waals surface area contributed by atoms with Gasteiger partial charge < -0.3 is 0 Å². The smallest absolute Gasteiger partial charge is 0.269 e. The van der Waals surface area contributed by atoms with E-state index in [4.69, 9.17) is 34.8 Å². The van der Waals surface area contributed by atoms with Gasteiger partial charge in [-0.15, -0.1) is 0 Å². The Balaban J connectivity index is 1.91. The highest BCUT2D eigenvalue weighted by atomic mass is 35.5. The van der Waals surface area contributed by atoms with Crippen molar-refractivity contribution in [1.82, 2.24) is 10.9 Å². The number of rotatable bonds is 3. The van der Waals surface area contributed by atoms with Gasteiger partial charge in [0.05, 0.1) is 6.42 Å². The van der Waals surface area contributed by atoms with Crippen molar-refractivity contribution < 1.29 is 9.59 Å². The van der Waals surface area contributed by atoms with Crippen LogP contribution in [-0.4, -0.2) is 11.8 Å². The minimum Gasteiger partial charge on any atom is -0.273 e. The Morgan fingerprint density at radius 1 is 0.909 bits per heavy atom. The van der Waals surface area contributed by atoms with Crippen molar-refractivity contribution in [1.29, 1.82) is 0 Å². The fraction of sp³-hybridized carbons (Fsp3) is 0.0667. The van der Waals surface area contributed by atoms with Crippen molar-refractivity contribution in [3.8, 4) is 0 Å². The lowest BCUT2D eigenvalue weighted by Crippen LogP contribution is -2.42. The lowest BCUT2D eigenvalue weighted by Gasteiger charge is -2.08. The van der Waals surface area contributed by atoms with Gasteiger partial charge in [0, 0.05) is 20.6 Å². The first-order valence-electron chi connectivity index (χ1n) is 6.24. The van der Waals surface area contributed by atoms with E-state index < -0.39 is 11.8 Å². The molecule has 0 saturated carbocycles. The van der Waals surface area contributed by atoms with E-state index in [1.807, 2.05) is 0 Å². The molecule has 0 saturated heterocycles. The minimum absolute atomic E-state index is 0.0197. The number of hydrogen-bond donors (Lipinski definition) is 2. The summed E-state index contributed by atoms with van der Waals surface area (Å²) in [4.78, 5) is 23.6. The third kappa shape index (κ3) is 4.63. The highest BCUT2D eigenvalue weighted by molar-refractivity contribution is 6.35. The minimum atomic E-state index is -0.460. The van der Waals surface area contributed by atoms with Crippen LogP contribution in [0.15, 0.2) is 42.5 Å². The molecule has 7 heteroatoms. The average molecular weight is 358 g/mol. The SMILES string of the molecule is O=C(Cc1ccc(Cl)cc1Cl)NNC(=O)c1cccc(Cl)c1. The van der Waals surface area contributed by atoms with Crippen LogP contribution in [0.2, 0.25) is 15.1 Å². The monoisotopic (exact) mass is 356 g/mol. The van der Waals surface area contributed by atoms with E-state index in [9.17, 15) is 9.59 Å². The Morgan fingerprint density at radius 3 is 2.32 bits per heavy atom. The van der Waals surface area contributed by atoms with Gasteiger partial charge in [0.15, 0.2) is 0 Å². The Kier molecular flexibility index (Phi) is 5.66. The molecule has 22 heavy (non-hydrogen) atoms. The zero-order valence-electron chi connectivity index (χ0n) is 11.2. The van der Waals surface area contributed by atoms with E-state index in [0.29, 0.717) is 26.2 Å². The van der Waals surface area contributed by atoms with Crippen LogP contribution in [0.25, 0.3) is 0 Å². The molecule has 0 aliphatic rings. The van der Waals surface area contributed by atoms with Crippen LogP contribution >= 0.6 is 34.8 Å². The fourth-order valence-electron chi connectivity index (χ4n) is 1.71. The number of halogens is 3. The molecule has 2 aromatic carbocycles. The van der Waals surface area contributed by atoms with Crippen molar-refractivity contribution in [2.75, 3.05) is 0 Å². The summed E-state index contributed by atoms with van der Waals surface area (Å²) in [5.41, 5.74) is 5.58. The van der Waals surface area contributed by atoms with Crippen LogP contribution in [0.3, 0.4) is 0 Å². The van der Waals surface area contributed by atoms with Gasteiger partial charge in [0.25, 0.3) is 5.91 Å². The Morgan fingerprint density at radius 2 is 1.64 bits per heavy atom. The topological polar surface area (TPSA) is 58.2 Å². The molecule has 0 unspecified atom stereocenters. The standard InChI is InChI=1S/C15H11Cl3N2O2/c16-11-3-1-2-10(6-11)15(22)20-19-14(21)7-9-4-5-12(17)8-13(9)18/h1-6,8H,7H2,(H,19,21)(H,20,22). The molecule has 114 valence electrons. The fourth-order valence-corrected chi connectivity index (χ4v) is 2.38. The van der Waals surface area contributed by atoms with Gasteiger partial charge in [-0.25, -0.2) is 0 Å². The predicted molar refractivity (Wildman–Crippen MR) is 87.2 cm³/mol.